The third-order valence-electron chi connectivity index (χ3n) is 7.09. The highest BCUT2D eigenvalue weighted by Gasteiger charge is 2.21. The number of nitrogens with one attached hydrogen (secondary N) is 2. The van der Waals surface area contributed by atoms with E-state index in [1.165, 1.54) is 0 Å². The maximum absolute atomic E-state index is 13.1. The number of hydrogen-bond acceptors (Lipinski definition) is 6. The lowest BCUT2D eigenvalue weighted by atomic mass is 9.87. The number of benzene rings is 3. The third kappa shape index (κ3) is 6.35. The number of methoxy groups -OCH3 is 1. The molecular weight excluding hydrogens is 504 g/mol. The molecule has 0 spiro atoms. The van der Waals surface area contributed by atoms with Crippen molar-refractivity contribution in [1.82, 2.24) is 9.88 Å². The Morgan fingerprint density at radius 1 is 1.00 bits per heavy atom. The summed E-state index contributed by atoms with van der Waals surface area (Å²) < 4.78 is 11.8. The van der Waals surface area contributed by atoms with Gasteiger partial charge in [-0.1, -0.05) is 51.1 Å². The number of carbonyl (C=O) groups excluding carboxylic acids is 1. The normalized spacial score (nSPS) is 15.7. The fourth-order valence-electron chi connectivity index (χ4n) is 4.94. The van der Waals surface area contributed by atoms with Gasteiger partial charge < -0.3 is 25.2 Å². The van der Waals surface area contributed by atoms with Crippen molar-refractivity contribution >= 4 is 28.2 Å². The summed E-state index contributed by atoms with van der Waals surface area (Å²) in [7, 11) is 1.59. The van der Waals surface area contributed by atoms with E-state index in [4.69, 9.17) is 9.47 Å². The second kappa shape index (κ2) is 11.5. The molecule has 5 rings (SSSR count). The van der Waals surface area contributed by atoms with Gasteiger partial charge in [0, 0.05) is 42.7 Å². The van der Waals surface area contributed by atoms with E-state index >= 15 is 0 Å². The molecule has 0 unspecified atom stereocenters. The van der Waals surface area contributed by atoms with E-state index in [9.17, 15) is 9.90 Å². The van der Waals surface area contributed by atoms with Crippen LogP contribution in [0.2, 0.25) is 0 Å². The lowest BCUT2D eigenvalue weighted by molar-refractivity contribution is 0.174. The Morgan fingerprint density at radius 2 is 1.75 bits per heavy atom. The second-order valence-corrected chi connectivity index (χ2v) is 11.2. The number of fused-ring (bicyclic) bond motifs is 1. The molecule has 1 atom stereocenters. The number of aliphatic hydroxyl groups excluding tert-OH is 1. The Labute approximate surface area is 234 Å². The number of anilines is 2. The lowest BCUT2D eigenvalue weighted by Gasteiger charge is -2.21. The monoisotopic (exact) mass is 540 g/mol. The molecule has 2 amide bonds. The lowest BCUT2D eigenvalue weighted by Crippen LogP contribution is -2.22. The Kier molecular flexibility index (Phi) is 7.91. The van der Waals surface area contributed by atoms with Crippen LogP contribution in [0.1, 0.15) is 38.4 Å². The van der Waals surface area contributed by atoms with Gasteiger partial charge in [0.1, 0.15) is 17.2 Å². The number of aliphatic hydroxyl groups is 1. The number of rotatable bonds is 7. The number of aromatic nitrogens is 1. The zero-order valence-corrected chi connectivity index (χ0v) is 23.4. The molecule has 1 aliphatic heterocycles. The van der Waals surface area contributed by atoms with E-state index < -0.39 is 0 Å². The number of urea groups is 1. The average Bonchev–Trinajstić information content (AvgIpc) is 3.34. The fraction of sp³-hybridized carbons (Fsp3) is 0.312. The smallest absolute Gasteiger partial charge is 0.323 e. The van der Waals surface area contributed by atoms with E-state index in [-0.39, 0.29) is 17.6 Å². The number of ether oxygens (including phenoxy) is 2. The molecule has 3 N–H and O–H groups in total. The SMILES string of the molecule is COc1ccc(C(C)(C)C)cc1NC(=O)Nc1ccc(Oc2ccnc(CN3CC[C@@H](O)C3)c2)c2ccccc12. The van der Waals surface area contributed by atoms with E-state index in [1.807, 2.05) is 66.7 Å². The minimum Gasteiger partial charge on any atom is -0.495 e. The molecule has 40 heavy (non-hydrogen) atoms. The van der Waals surface area contributed by atoms with Crippen molar-refractivity contribution in [3.63, 3.8) is 0 Å². The van der Waals surface area contributed by atoms with Crippen LogP contribution < -0.4 is 20.1 Å². The van der Waals surface area contributed by atoms with Crippen molar-refractivity contribution in [2.75, 3.05) is 30.8 Å². The maximum atomic E-state index is 13.1. The van der Waals surface area contributed by atoms with Gasteiger partial charge in [-0.3, -0.25) is 9.88 Å². The van der Waals surface area contributed by atoms with Crippen LogP contribution in [0.4, 0.5) is 16.2 Å². The molecule has 8 nitrogen and oxygen atoms in total. The summed E-state index contributed by atoms with van der Waals surface area (Å²) in [5.41, 5.74) is 3.17. The van der Waals surface area contributed by atoms with E-state index in [2.05, 4.69) is 41.3 Å². The van der Waals surface area contributed by atoms with Crippen LogP contribution in [0.25, 0.3) is 10.8 Å². The Balaban J connectivity index is 1.34. The standard InChI is InChI=1S/C32H36N4O4/c1-32(2,3)21-9-11-30(39-4)28(17-21)35-31(38)34-27-10-12-29(26-8-6-5-7-25(26)27)40-24-13-15-33-22(18-24)19-36-16-14-23(37)20-36/h5-13,15,17-18,23,37H,14,16,19-20H2,1-4H3,(H2,34,35,38)/t23-/m1/s1. The predicted molar refractivity (Wildman–Crippen MR) is 158 cm³/mol. The Morgan fingerprint density at radius 3 is 2.48 bits per heavy atom. The zero-order valence-electron chi connectivity index (χ0n) is 23.4. The van der Waals surface area contributed by atoms with Gasteiger partial charge in [0.05, 0.1) is 30.3 Å². The number of β-amino-alcohol motifs (C(OH)–C–C–N with tert-alkyl or cyclic N) is 1. The molecule has 1 aromatic heterocycles. The third-order valence-corrected chi connectivity index (χ3v) is 7.09. The highest BCUT2D eigenvalue weighted by atomic mass is 16.5. The van der Waals surface area contributed by atoms with Gasteiger partial charge in [-0.05, 0) is 47.7 Å². The van der Waals surface area contributed by atoms with Crippen LogP contribution in [-0.2, 0) is 12.0 Å². The van der Waals surface area contributed by atoms with Crippen molar-refractivity contribution in [2.45, 2.75) is 45.3 Å². The van der Waals surface area contributed by atoms with Gasteiger partial charge in [0.25, 0.3) is 0 Å². The second-order valence-electron chi connectivity index (χ2n) is 11.2. The van der Waals surface area contributed by atoms with Gasteiger partial charge >= 0.3 is 6.03 Å². The summed E-state index contributed by atoms with van der Waals surface area (Å²) in [6.45, 7) is 8.56. The molecule has 0 saturated carbocycles. The van der Waals surface area contributed by atoms with E-state index in [0.717, 1.165) is 35.0 Å². The molecule has 0 bridgehead atoms. The molecule has 208 valence electrons. The van der Waals surface area contributed by atoms with Crippen LogP contribution in [0.5, 0.6) is 17.2 Å². The van der Waals surface area contributed by atoms with Crippen LogP contribution in [0, 0.1) is 0 Å². The van der Waals surface area contributed by atoms with Crippen molar-refractivity contribution in [1.29, 1.82) is 0 Å². The van der Waals surface area contributed by atoms with E-state index in [0.29, 0.717) is 41.7 Å². The first-order valence-electron chi connectivity index (χ1n) is 13.5. The quantitative estimate of drug-likeness (QED) is 0.246. The number of nitrogens with zero attached hydrogens (tertiary/aromatic N) is 2. The highest BCUT2D eigenvalue weighted by Crippen LogP contribution is 2.35. The topological polar surface area (TPSA) is 96.0 Å². The summed E-state index contributed by atoms with van der Waals surface area (Å²) in [5, 5.41) is 17.5. The van der Waals surface area contributed by atoms with Gasteiger partial charge in [-0.25, -0.2) is 4.79 Å². The summed E-state index contributed by atoms with van der Waals surface area (Å²) in [6, 6.07) is 20.7. The summed E-state index contributed by atoms with van der Waals surface area (Å²) in [6.07, 6.45) is 2.26. The number of amides is 2. The average molecular weight is 541 g/mol. The number of carbonyl (C=O) groups is 1. The molecule has 0 aliphatic carbocycles. The van der Waals surface area contributed by atoms with Gasteiger partial charge in [0.2, 0.25) is 0 Å². The minimum absolute atomic E-state index is 0.0720. The predicted octanol–water partition coefficient (Wildman–Crippen LogP) is 6.54. The summed E-state index contributed by atoms with van der Waals surface area (Å²) in [4.78, 5) is 19.8. The molecule has 0 radical (unpaired) electrons. The molecule has 1 fully saturated rings. The molecule has 8 heteroatoms. The largest absolute Gasteiger partial charge is 0.495 e. The van der Waals surface area contributed by atoms with Gasteiger partial charge in [-0.2, -0.15) is 0 Å². The van der Waals surface area contributed by atoms with Crippen LogP contribution in [0.3, 0.4) is 0 Å². The molecule has 1 saturated heterocycles. The zero-order chi connectivity index (χ0) is 28.3. The van der Waals surface area contributed by atoms with Crippen LogP contribution in [-0.4, -0.2) is 47.3 Å². The minimum atomic E-state index is -0.367. The fourth-order valence-corrected chi connectivity index (χ4v) is 4.94. The molecule has 1 aliphatic rings. The number of pyridine rings is 1. The Hall–Kier alpha value is -4.14. The number of likely N-dealkylation sites (tertiary alicyclic amines) is 1. The van der Waals surface area contributed by atoms with Crippen LogP contribution in [0.15, 0.2) is 72.9 Å². The van der Waals surface area contributed by atoms with Gasteiger partial charge in [0.15, 0.2) is 0 Å². The highest BCUT2D eigenvalue weighted by molar-refractivity contribution is 6.08. The first kappa shape index (κ1) is 27.4. The van der Waals surface area contributed by atoms with Crippen molar-refractivity contribution in [2.24, 2.45) is 0 Å². The van der Waals surface area contributed by atoms with Crippen LogP contribution >= 0.6 is 0 Å². The Bertz CT molecular complexity index is 1510. The van der Waals surface area contributed by atoms with Crippen molar-refractivity contribution < 1.29 is 19.4 Å². The van der Waals surface area contributed by atoms with Gasteiger partial charge in [-0.15, -0.1) is 0 Å². The van der Waals surface area contributed by atoms with Crippen molar-refractivity contribution in [3.05, 3.63) is 84.2 Å². The number of hydrogen-bond donors (Lipinski definition) is 3. The first-order valence-corrected chi connectivity index (χ1v) is 13.5. The summed E-state index contributed by atoms with van der Waals surface area (Å²) >= 11 is 0. The molecule has 2 heterocycles. The molecule has 4 aromatic rings. The first-order chi connectivity index (χ1) is 19.2. The molecule has 3 aromatic carbocycles. The molecular formula is C32H36N4O4. The van der Waals surface area contributed by atoms with Crippen molar-refractivity contribution in [3.8, 4) is 17.2 Å². The van der Waals surface area contributed by atoms with E-state index in [1.54, 1.807) is 13.3 Å². The summed E-state index contributed by atoms with van der Waals surface area (Å²) in [5.74, 6) is 1.95. The maximum Gasteiger partial charge on any atom is 0.323 e.